The van der Waals surface area contributed by atoms with E-state index in [4.69, 9.17) is 0 Å². The van der Waals surface area contributed by atoms with Crippen LogP contribution in [0.25, 0.3) is 0 Å². The van der Waals surface area contributed by atoms with Crippen LogP contribution in [0.2, 0.25) is 0 Å². The topological polar surface area (TPSA) is 42.0 Å². The lowest BCUT2D eigenvalue weighted by Gasteiger charge is -2.13. The van der Waals surface area contributed by atoms with Crippen LogP contribution in [-0.2, 0) is 0 Å². The Balaban J connectivity index is 2.04. The van der Waals surface area contributed by atoms with Gasteiger partial charge in [0.05, 0.1) is 15.4 Å². The van der Waals surface area contributed by atoms with E-state index in [1.807, 2.05) is 30.5 Å². The summed E-state index contributed by atoms with van der Waals surface area (Å²) in [6.07, 6.45) is 3.44. The van der Waals surface area contributed by atoms with E-state index in [2.05, 4.69) is 26.2 Å². The number of halogens is 1. The second-order valence-electron chi connectivity index (χ2n) is 3.62. The zero-order valence-corrected chi connectivity index (χ0v) is 11.6. The summed E-state index contributed by atoms with van der Waals surface area (Å²) in [7, 11) is 0. The Morgan fingerprint density at radius 3 is 2.76 bits per heavy atom. The first-order chi connectivity index (χ1) is 8.16. The van der Waals surface area contributed by atoms with Crippen LogP contribution >= 0.6 is 27.3 Å². The first kappa shape index (κ1) is 12.3. The van der Waals surface area contributed by atoms with Gasteiger partial charge in [-0.05, 0) is 46.6 Å². The third kappa shape index (κ3) is 3.14. The van der Waals surface area contributed by atoms with Gasteiger partial charge in [0.2, 0.25) is 0 Å². The summed E-state index contributed by atoms with van der Waals surface area (Å²) in [5.41, 5.74) is 1.73. The van der Waals surface area contributed by atoms with Crippen LogP contribution in [0.4, 0.5) is 0 Å². The van der Waals surface area contributed by atoms with Crippen molar-refractivity contribution in [1.29, 1.82) is 0 Å². The average Bonchev–Trinajstić information content (AvgIpc) is 2.77. The summed E-state index contributed by atoms with van der Waals surface area (Å²) >= 11 is 4.84. The Bertz CT molecular complexity index is 512. The zero-order valence-electron chi connectivity index (χ0n) is 9.18. The largest absolute Gasteiger partial charge is 0.345 e. The van der Waals surface area contributed by atoms with E-state index in [-0.39, 0.29) is 11.9 Å². The van der Waals surface area contributed by atoms with Crippen molar-refractivity contribution >= 4 is 33.2 Å². The SMILES string of the molecule is CC(NC(=O)c1csc(Br)c1)c1ccncc1. The van der Waals surface area contributed by atoms with Gasteiger partial charge in [-0.1, -0.05) is 0 Å². The molecule has 0 fully saturated rings. The fourth-order valence-electron chi connectivity index (χ4n) is 1.44. The normalized spacial score (nSPS) is 12.1. The van der Waals surface area contributed by atoms with Gasteiger partial charge in [-0.25, -0.2) is 0 Å². The van der Waals surface area contributed by atoms with Gasteiger partial charge in [-0.2, -0.15) is 0 Å². The van der Waals surface area contributed by atoms with Crippen molar-refractivity contribution in [1.82, 2.24) is 10.3 Å². The molecule has 0 aliphatic heterocycles. The number of nitrogens with one attached hydrogen (secondary N) is 1. The van der Waals surface area contributed by atoms with Crippen LogP contribution in [0.5, 0.6) is 0 Å². The van der Waals surface area contributed by atoms with Crippen molar-refractivity contribution in [2.75, 3.05) is 0 Å². The van der Waals surface area contributed by atoms with Crippen LogP contribution < -0.4 is 5.32 Å². The van der Waals surface area contributed by atoms with Gasteiger partial charge in [0.25, 0.3) is 5.91 Å². The Kier molecular flexibility index (Phi) is 3.91. The van der Waals surface area contributed by atoms with E-state index in [0.717, 1.165) is 9.35 Å². The summed E-state index contributed by atoms with van der Waals surface area (Å²) in [4.78, 5) is 15.9. The number of nitrogens with zero attached hydrogens (tertiary/aromatic N) is 1. The molecule has 0 spiro atoms. The molecule has 17 heavy (non-hydrogen) atoms. The molecule has 2 heterocycles. The molecule has 2 aromatic heterocycles. The molecule has 88 valence electrons. The maximum absolute atomic E-state index is 11.9. The van der Waals surface area contributed by atoms with Crippen LogP contribution in [0.3, 0.4) is 0 Å². The van der Waals surface area contributed by atoms with Crippen molar-refractivity contribution in [3.05, 3.63) is 50.9 Å². The summed E-state index contributed by atoms with van der Waals surface area (Å²) in [6, 6.07) is 5.59. The van der Waals surface area contributed by atoms with E-state index in [1.54, 1.807) is 12.4 Å². The first-order valence-electron chi connectivity index (χ1n) is 5.11. The molecule has 0 aromatic carbocycles. The van der Waals surface area contributed by atoms with E-state index in [9.17, 15) is 4.79 Å². The number of rotatable bonds is 3. The Labute approximate surface area is 112 Å². The molecule has 0 aliphatic carbocycles. The highest BCUT2D eigenvalue weighted by molar-refractivity contribution is 9.11. The molecule has 0 aliphatic rings. The van der Waals surface area contributed by atoms with Crippen molar-refractivity contribution < 1.29 is 4.79 Å². The maximum Gasteiger partial charge on any atom is 0.252 e. The fourth-order valence-corrected chi connectivity index (χ4v) is 2.58. The molecule has 1 unspecified atom stereocenters. The van der Waals surface area contributed by atoms with Crippen molar-refractivity contribution in [3.63, 3.8) is 0 Å². The molecule has 0 saturated heterocycles. The number of pyridine rings is 1. The molecular formula is C12H11BrN2OS. The predicted octanol–water partition coefficient (Wildman–Crippen LogP) is 3.40. The quantitative estimate of drug-likeness (QED) is 0.944. The maximum atomic E-state index is 11.9. The highest BCUT2D eigenvalue weighted by Gasteiger charge is 2.12. The number of hydrogen-bond donors (Lipinski definition) is 1. The smallest absolute Gasteiger partial charge is 0.252 e. The highest BCUT2D eigenvalue weighted by Crippen LogP contribution is 2.21. The monoisotopic (exact) mass is 310 g/mol. The van der Waals surface area contributed by atoms with Crippen molar-refractivity contribution in [2.45, 2.75) is 13.0 Å². The van der Waals surface area contributed by atoms with Crippen LogP contribution in [0.1, 0.15) is 28.9 Å². The van der Waals surface area contributed by atoms with E-state index in [0.29, 0.717) is 5.56 Å². The summed E-state index contributed by atoms with van der Waals surface area (Å²) in [5, 5.41) is 4.78. The minimum Gasteiger partial charge on any atom is -0.345 e. The molecular weight excluding hydrogens is 300 g/mol. The second kappa shape index (κ2) is 5.42. The zero-order chi connectivity index (χ0) is 12.3. The van der Waals surface area contributed by atoms with Gasteiger partial charge < -0.3 is 5.32 Å². The van der Waals surface area contributed by atoms with Crippen LogP contribution in [0, 0.1) is 0 Å². The third-order valence-corrected chi connectivity index (χ3v) is 3.89. The average molecular weight is 311 g/mol. The van der Waals surface area contributed by atoms with Gasteiger partial charge >= 0.3 is 0 Å². The fraction of sp³-hybridized carbons (Fsp3) is 0.167. The number of thiophene rings is 1. The number of hydrogen-bond acceptors (Lipinski definition) is 3. The molecule has 0 saturated carbocycles. The van der Waals surface area contributed by atoms with Gasteiger partial charge in [0, 0.05) is 17.8 Å². The third-order valence-electron chi connectivity index (χ3n) is 2.38. The molecule has 1 amide bonds. The molecule has 1 N–H and O–H groups in total. The highest BCUT2D eigenvalue weighted by atomic mass is 79.9. The van der Waals surface area contributed by atoms with Gasteiger partial charge in [0.1, 0.15) is 0 Å². The lowest BCUT2D eigenvalue weighted by Crippen LogP contribution is -2.26. The lowest BCUT2D eigenvalue weighted by atomic mass is 10.1. The van der Waals surface area contributed by atoms with E-state index in [1.165, 1.54) is 11.3 Å². The Morgan fingerprint density at radius 1 is 1.47 bits per heavy atom. The second-order valence-corrected chi connectivity index (χ2v) is 5.91. The molecule has 0 bridgehead atoms. The van der Waals surface area contributed by atoms with Gasteiger partial charge in [-0.15, -0.1) is 11.3 Å². The van der Waals surface area contributed by atoms with E-state index >= 15 is 0 Å². The molecule has 3 nitrogen and oxygen atoms in total. The number of carbonyl (C=O) groups excluding carboxylic acids is 1. The van der Waals surface area contributed by atoms with Crippen LogP contribution in [0.15, 0.2) is 39.8 Å². The van der Waals surface area contributed by atoms with Gasteiger partial charge in [0.15, 0.2) is 0 Å². The number of amides is 1. The minimum absolute atomic E-state index is 0.0239. The standard InChI is InChI=1S/C12H11BrN2OS/c1-8(9-2-4-14-5-3-9)15-12(16)10-6-11(13)17-7-10/h2-8H,1H3,(H,15,16). The first-order valence-corrected chi connectivity index (χ1v) is 6.79. The predicted molar refractivity (Wildman–Crippen MR) is 72.1 cm³/mol. The number of carbonyl (C=O) groups is 1. The number of aromatic nitrogens is 1. The summed E-state index contributed by atoms with van der Waals surface area (Å²) in [6.45, 7) is 1.95. The minimum atomic E-state index is -0.0590. The van der Waals surface area contributed by atoms with Crippen molar-refractivity contribution in [2.24, 2.45) is 0 Å². The Morgan fingerprint density at radius 2 is 2.18 bits per heavy atom. The van der Waals surface area contributed by atoms with Crippen molar-refractivity contribution in [3.8, 4) is 0 Å². The molecule has 0 radical (unpaired) electrons. The molecule has 2 rings (SSSR count). The molecule has 5 heteroatoms. The Hall–Kier alpha value is -1.20. The molecule has 1 atom stereocenters. The lowest BCUT2D eigenvalue weighted by molar-refractivity contribution is 0.0940. The summed E-state index contributed by atoms with van der Waals surface area (Å²) in [5.74, 6) is -0.0590. The van der Waals surface area contributed by atoms with Gasteiger partial charge in [-0.3, -0.25) is 9.78 Å². The van der Waals surface area contributed by atoms with Crippen LogP contribution in [-0.4, -0.2) is 10.9 Å². The summed E-state index contributed by atoms with van der Waals surface area (Å²) < 4.78 is 0.958. The van der Waals surface area contributed by atoms with E-state index < -0.39 is 0 Å². The molecule has 2 aromatic rings.